The number of oxime groups is 1. The molecular formula is C26H32FN5O4. The Bertz CT molecular complexity index is 1160. The highest BCUT2D eigenvalue weighted by atomic mass is 19.1. The molecule has 4 rings (SSSR count). The Morgan fingerprint density at radius 1 is 1.17 bits per heavy atom. The summed E-state index contributed by atoms with van der Waals surface area (Å²) in [7, 11) is 0. The lowest BCUT2D eigenvalue weighted by Crippen LogP contribution is -2.43. The number of aliphatic hydroxyl groups excluding tert-OH is 1. The van der Waals surface area contributed by atoms with Crippen LogP contribution in [0.25, 0.3) is 0 Å². The highest BCUT2D eigenvalue weighted by Crippen LogP contribution is 2.33. The summed E-state index contributed by atoms with van der Waals surface area (Å²) in [5.74, 6) is -0.216. The zero-order valence-electron chi connectivity index (χ0n) is 20.8. The number of hydrogen-bond acceptors (Lipinski definition) is 7. The lowest BCUT2D eigenvalue weighted by Gasteiger charge is -2.31. The largest absolute Gasteiger partial charge is 0.391 e. The van der Waals surface area contributed by atoms with Crippen molar-refractivity contribution in [3.8, 4) is 0 Å². The molecule has 1 aliphatic heterocycles. The van der Waals surface area contributed by atoms with E-state index < -0.39 is 6.10 Å². The molecule has 2 aromatic rings. The monoisotopic (exact) mass is 497 g/mol. The van der Waals surface area contributed by atoms with Crippen molar-refractivity contribution in [3.63, 3.8) is 0 Å². The van der Waals surface area contributed by atoms with Crippen LogP contribution < -0.4 is 10.6 Å². The number of hydrogen-bond donors (Lipinski definition) is 3. The van der Waals surface area contributed by atoms with Crippen LogP contribution in [0, 0.1) is 25.6 Å². The van der Waals surface area contributed by atoms with Gasteiger partial charge in [0.15, 0.2) is 0 Å². The Morgan fingerprint density at radius 2 is 1.92 bits per heavy atom. The zero-order chi connectivity index (χ0) is 25.8. The van der Waals surface area contributed by atoms with Crippen LogP contribution in [0.15, 0.2) is 29.4 Å². The number of aryl methyl sites for hydroxylation is 2. The Labute approximate surface area is 209 Å². The summed E-state index contributed by atoms with van der Waals surface area (Å²) >= 11 is 0. The Morgan fingerprint density at radius 3 is 2.61 bits per heavy atom. The number of benzene rings is 1. The molecule has 2 amide bonds. The summed E-state index contributed by atoms with van der Waals surface area (Å²) < 4.78 is 13.5. The number of carbonyl (C=O) groups is 2. The van der Waals surface area contributed by atoms with E-state index in [1.165, 1.54) is 13.0 Å². The number of nitrogens with zero attached hydrogens (tertiary/aromatic N) is 3. The summed E-state index contributed by atoms with van der Waals surface area (Å²) in [6.45, 7) is 5.12. The highest BCUT2D eigenvalue weighted by molar-refractivity contribution is 6.01. The molecule has 2 atom stereocenters. The molecule has 0 radical (unpaired) electrons. The Kier molecular flexibility index (Phi) is 7.93. The second-order valence-corrected chi connectivity index (χ2v) is 9.63. The van der Waals surface area contributed by atoms with Gasteiger partial charge in [0.2, 0.25) is 5.91 Å². The summed E-state index contributed by atoms with van der Waals surface area (Å²) in [5.41, 5.74) is 2.79. The topological polar surface area (TPSA) is 126 Å². The van der Waals surface area contributed by atoms with E-state index in [0.29, 0.717) is 35.1 Å². The van der Waals surface area contributed by atoms with Gasteiger partial charge in [-0.05, 0) is 75.6 Å². The van der Waals surface area contributed by atoms with Crippen LogP contribution in [-0.2, 0) is 16.2 Å². The molecule has 192 valence electrons. The summed E-state index contributed by atoms with van der Waals surface area (Å²) in [4.78, 5) is 39.0. The van der Waals surface area contributed by atoms with Gasteiger partial charge in [0.25, 0.3) is 5.91 Å². The zero-order valence-corrected chi connectivity index (χ0v) is 20.8. The molecule has 3 N–H and O–H groups in total. The predicted molar refractivity (Wildman–Crippen MR) is 131 cm³/mol. The number of amides is 2. The average molecular weight is 498 g/mol. The van der Waals surface area contributed by atoms with Crippen LogP contribution in [0.5, 0.6) is 0 Å². The number of aromatic nitrogens is 2. The average Bonchev–Trinajstić information content (AvgIpc) is 3.35. The maximum absolute atomic E-state index is 13.5. The van der Waals surface area contributed by atoms with Gasteiger partial charge in [-0.2, -0.15) is 0 Å². The molecule has 0 saturated heterocycles. The molecule has 0 spiro atoms. The minimum absolute atomic E-state index is 0.0644. The first-order valence-electron chi connectivity index (χ1n) is 12.3. The fourth-order valence-electron chi connectivity index (χ4n) is 4.68. The second kappa shape index (κ2) is 11.1. The molecule has 0 bridgehead atoms. The molecule has 1 aliphatic carbocycles. The smallest absolute Gasteiger partial charge is 0.270 e. The molecule has 1 aromatic carbocycles. The van der Waals surface area contributed by atoms with Gasteiger partial charge in [0.1, 0.15) is 35.3 Å². The summed E-state index contributed by atoms with van der Waals surface area (Å²) in [5, 5.41) is 19.4. The quantitative estimate of drug-likeness (QED) is 0.540. The van der Waals surface area contributed by atoms with Crippen LogP contribution in [0.1, 0.15) is 72.2 Å². The Hall–Kier alpha value is -3.40. The first kappa shape index (κ1) is 25.7. The van der Waals surface area contributed by atoms with E-state index in [0.717, 1.165) is 31.2 Å². The maximum atomic E-state index is 13.5. The van der Waals surface area contributed by atoms with E-state index in [2.05, 4.69) is 25.8 Å². The van der Waals surface area contributed by atoms with Gasteiger partial charge in [-0.1, -0.05) is 17.3 Å². The Balaban J connectivity index is 1.33. The van der Waals surface area contributed by atoms with Crippen LogP contribution in [0.4, 0.5) is 4.39 Å². The van der Waals surface area contributed by atoms with Crippen LogP contribution in [0.3, 0.4) is 0 Å². The fraction of sp³-hybridized carbons (Fsp3) is 0.500. The first-order chi connectivity index (χ1) is 17.2. The molecule has 9 nitrogen and oxygen atoms in total. The van der Waals surface area contributed by atoms with Crippen molar-refractivity contribution in [1.29, 1.82) is 0 Å². The molecule has 36 heavy (non-hydrogen) atoms. The van der Waals surface area contributed by atoms with Crippen LogP contribution in [-0.4, -0.2) is 50.9 Å². The maximum Gasteiger partial charge on any atom is 0.270 e. The second-order valence-electron chi connectivity index (χ2n) is 9.63. The lowest BCUT2D eigenvalue weighted by molar-refractivity contribution is -0.129. The van der Waals surface area contributed by atoms with Crippen molar-refractivity contribution in [2.45, 2.75) is 77.7 Å². The normalized spacial score (nSPS) is 22.4. The molecule has 2 aliphatic rings. The van der Waals surface area contributed by atoms with Crippen molar-refractivity contribution < 1.29 is 23.9 Å². The molecule has 2 heterocycles. The van der Waals surface area contributed by atoms with E-state index in [1.807, 2.05) is 0 Å². The molecular weight excluding hydrogens is 465 g/mol. The van der Waals surface area contributed by atoms with Crippen molar-refractivity contribution in [2.24, 2.45) is 11.1 Å². The van der Waals surface area contributed by atoms with E-state index in [4.69, 9.17) is 4.84 Å². The molecule has 1 aromatic heterocycles. The van der Waals surface area contributed by atoms with Gasteiger partial charge < -0.3 is 20.6 Å². The first-order valence-corrected chi connectivity index (χ1v) is 12.3. The standard InChI is InChI=1S/C26H32FN5O4/c1-14-10-17(4-9-20(14)27)13-28-26(35)23-11-21(29-16(3)30-23)22-12-24(36-32-22)18-5-7-19(8-6-18)31-25(34)15(2)33/h4,9-11,15,18-19,24,33H,5-8,12-13H2,1-3H3,(H,28,35)(H,31,34)/t15-,18-,19-,24-/m0/s1. The number of carbonyl (C=O) groups excluding carboxylic acids is 2. The van der Waals surface area contributed by atoms with Crippen molar-refractivity contribution in [2.75, 3.05) is 0 Å². The van der Waals surface area contributed by atoms with E-state index in [-0.39, 0.29) is 42.0 Å². The van der Waals surface area contributed by atoms with E-state index >= 15 is 0 Å². The number of halogens is 1. The minimum Gasteiger partial charge on any atom is -0.391 e. The van der Waals surface area contributed by atoms with Gasteiger partial charge in [-0.3, -0.25) is 9.59 Å². The van der Waals surface area contributed by atoms with Crippen molar-refractivity contribution in [3.05, 3.63) is 58.4 Å². The highest BCUT2D eigenvalue weighted by Gasteiger charge is 2.34. The number of rotatable bonds is 7. The van der Waals surface area contributed by atoms with Gasteiger partial charge >= 0.3 is 0 Å². The van der Waals surface area contributed by atoms with Crippen LogP contribution in [0.2, 0.25) is 0 Å². The van der Waals surface area contributed by atoms with Crippen molar-refractivity contribution >= 4 is 17.5 Å². The lowest BCUT2D eigenvalue weighted by atomic mass is 9.81. The molecule has 1 fully saturated rings. The van der Waals surface area contributed by atoms with Gasteiger partial charge in [-0.25, -0.2) is 14.4 Å². The SMILES string of the molecule is Cc1nc(C(=O)NCc2ccc(F)c(C)c2)cc(C2=NO[C@H]([C@H]3CC[C@H](NC(=O)[C@H](C)O)CC3)C2)n1. The minimum atomic E-state index is -1.01. The van der Waals surface area contributed by atoms with Gasteiger partial charge in [0.05, 0.1) is 5.69 Å². The molecule has 0 unspecified atom stereocenters. The fourth-order valence-corrected chi connectivity index (χ4v) is 4.68. The third kappa shape index (κ3) is 6.23. The van der Waals surface area contributed by atoms with Crippen molar-refractivity contribution in [1.82, 2.24) is 20.6 Å². The van der Waals surface area contributed by atoms with E-state index in [1.54, 1.807) is 32.0 Å². The molecule has 1 saturated carbocycles. The van der Waals surface area contributed by atoms with E-state index in [9.17, 15) is 19.1 Å². The number of aliphatic hydroxyl groups is 1. The number of nitrogens with one attached hydrogen (secondary N) is 2. The van der Waals surface area contributed by atoms with Gasteiger partial charge in [0, 0.05) is 19.0 Å². The molecule has 10 heteroatoms. The summed E-state index contributed by atoms with van der Waals surface area (Å²) in [6.07, 6.45) is 2.91. The third-order valence-electron chi connectivity index (χ3n) is 6.76. The van der Waals surface area contributed by atoms with Crippen LogP contribution >= 0.6 is 0 Å². The predicted octanol–water partition coefficient (Wildman–Crippen LogP) is 2.71. The summed E-state index contributed by atoms with van der Waals surface area (Å²) in [6, 6.07) is 6.40. The third-order valence-corrected chi connectivity index (χ3v) is 6.76. The van der Waals surface area contributed by atoms with Gasteiger partial charge in [-0.15, -0.1) is 0 Å².